The zero-order valence-corrected chi connectivity index (χ0v) is 19.7. The summed E-state index contributed by atoms with van der Waals surface area (Å²) < 4.78 is 38.0. The van der Waals surface area contributed by atoms with Gasteiger partial charge < -0.3 is 21.9 Å². The van der Waals surface area contributed by atoms with Crippen LogP contribution in [0.2, 0.25) is 0 Å². The molecule has 1 heterocycles. The quantitative estimate of drug-likeness (QED) is 0.262. The molecule has 1 aromatic carbocycles. The summed E-state index contributed by atoms with van der Waals surface area (Å²) >= 11 is 0. The first-order chi connectivity index (χ1) is 16.3. The van der Waals surface area contributed by atoms with Crippen LogP contribution >= 0.6 is 0 Å². The number of alkyl halides is 3. The van der Waals surface area contributed by atoms with E-state index < -0.39 is 18.2 Å². The number of nitriles is 1. The lowest BCUT2D eigenvalue weighted by Gasteiger charge is -2.52. The van der Waals surface area contributed by atoms with Gasteiger partial charge in [0.15, 0.2) is 6.10 Å². The second kappa shape index (κ2) is 10.3. The molecule has 1 aromatic rings. The number of hydrogen-bond acceptors (Lipinski definition) is 6. The van der Waals surface area contributed by atoms with E-state index >= 15 is 0 Å². The monoisotopic (exact) mass is 492 g/mol. The molecule has 1 amide bonds. The van der Waals surface area contributed by atoms with Crippen molar-refractivity contribution in [1.29, 1.82) is 5.26 Å². The Morgan fingerprint density at radius 3 is 2.43 bits per heavy atom. The SMILES string of the molecule is CC1(C)CN(C2CCC(N/C=C(/C(N)=O)C(N)=Nc3ccc(C(O)C(F)(F)F)cc3)C(C#N)C2)C1. The maximum absolute atomic E-state index is 12.7. The molecule has 8 nitrogen and oxygen atoms in total. The van der Waals surface area contributed by atoms with Crippen LogP contribution in [0.4, 0.5) is 18.9 Å². The van der Waals surface area contributed by atoms with Crippen LogP contribution in [0.15, 0.2) is 41.0 Å². The zero-order chi connectivity index (χ0) is 26.0. The summed E-state index contributed by atoms with van der Waals surface area (Å²) in [7, 11) is 0. The summed E-state index contributed by atoms with van der Waals surface area (Å²) in [5, 5.41) is 22.1. The predicted octanol–water partition coefficient (Wildman–Crippen LogP) is 2.63. The van der Waals surface area contributed by atoms with Gasteiger partial charge in [-0.25, -0.2) is 4.99 Å². The van der Waals surface area contributed by atoms with E-state index in [0.717, 1.165) is 44.5 Å². The normalized spacial score (nSPS) is 26.4. The average Bonchev–Trinajstić information content (AvgIpc) is 2.76. The Labute approximate surface area is 202 Å². The van der Waals surface area contributed by atoms with Crippen LogP contribution in [0.25, 0.3) is 0 Å². The van der Waals surface area contributed by atoms with Crippen LogP contribution < -0.4 is 16.8 Å². The molecule has 0 aromatic heterocycles. The van der Waals surface area contributed by atoms with Gasteiger partial charge in [-0.15, -0.1) is 0 Å². The average molecular weight is 493 g/mol. The van der Waals surface area contributed by atoms with Gasteiger partial charge in [-0.05, 0) is 42.4 Å². The van der Waals surface area contributed by atoms with Crippen molar-refractivity contribution in [3.8, 4) is 6.07 Å². The van der Waals surface area contributed by atoms with E-state index in [2.05, 4.69) is 35.1 Å². The molecule has 6 N–H and O–H groups in total. The van der Waals surface area contributed by atoms with E-state index in [0.29, 0.717) is 11.5 Å². The number of benzene rings is 1. The molecule has 1 aliphatic heterocycles. The van der Waals surface area contributed by atoms with Crippen molar-refractivity contribution < 1.29 is 23.1 Å². The molecule has 11 heteroatoms. The Kier molecular flexibility index (Phi) is 7.77. The van der Waals surface area contributed by atoms with Gasteiger partial charge in [0.05, 0.1) is 23.2 Å². The maximum atomic E-state index is 12.7. The number of aliphatic hydroxyl groups excluding tert-OH is 1. The summed E-state index contributed by atoms with van der Waals surface area (Å²) in [5.41, 5.74) is 11.5. The smallest absolute Gasteiger partial charge is 0.386 e. The topological polar surface area (TPSA) is 141 Å². The van der Waals surface area contributed by atoms with Crippen molar-refractivity contribution in [2.24, 2.45) is 27.8 Å². The van der Waals surface area contributed by atoms with Gasteiger partial charge in [0.1, 0.15) is 5.84 Å². The molecule has 1 saturated heterocycles. The molecule has 0 bridgehead atoms. The fourth-order valence-electron chi connectivity index (χ4n) is 4.71. The molecule has 2 fully saturated rings. The molecule has 2 aliphatic rings. The lowest BCUT2D eigenvalue weighted by atomic mass is 9.77. The largest absolute Gasteiger partial charge is 0.418 e. The molecule has 3 rings (SSSR count). The van der Waals surface area contributed by atoms with Gasteiger partial charge in [0.2, 0.25) is 0 Å². The standard InChI is InChI=1S/C24H31F3N6O2/c1-23(2)12-33(13-23)17-7-8-19(15(9-17)10-28)31-11-18(22(30)35)21(29)32-16-5-3-14(4-6-16)20(34)24(25,26)27/h3-6,11,15,17,19-20,31,34H,7-9,12-13H2,1-2H3,(H2,29,32)(H2,30,35)/b18-11+. The van der Waals surface area contributed by atoms with Gasteiger partial charge in [-0.3, -0.25) is 9.69 Å². The van der Waals surface area contributed by atoms with Gasteiger partial charge >= 0.3 is 6.18 Å². The Morgan fingerprint density at radius 1 is 1.29 bits per heavy atom. The Bertz CT molecular complexity index is 1020. The van der Waals surface area contributed by atoms with Crippen molar-refractivity contribution in [2.75, 3.05) is 13.1 Å². The van der Waals surface area contributed by atoms with Gasteiger partial charge in [-0.2, -0.15) is 18.4 Å². The number of nitrogens with two attached hydrogens (primary N) is 2. The molecular weight excluding hydrogens is 461 g/mol. The molecule has 1 aliphatic carbocycles. The zero-order valence-electron chi connectivity index (χ0n) is 19.7. The van der Waals surface area contributed by atoms with Crippen LogP contribution in [0.1, 0.15) is 44.8 Å². The maximum Gasteiger partial charge on any atom is 0.418 e. The van der Waals surface area contributed by atoms with Crippen LogP contribution in [0.5, 0.6) is 0 Å². The lowest BCUT2D eigenvalue weighted by Crippen LogP contribution is -2.59. The summed E-state index contributed by atoms with van der Waals surface area (Å²) in [6, 6.07) is 7.17. The van der Waals surface area contributed by atoms with E-state index in [1.54, 1.807) is 0 Å². The van der Waals surface area contributed by atoms with E-state index in [1.165, 1.54) is 18.3 Å². The molecule has 0 spiro atoms. The number of aliphatic hydroxyl groups is 1. The molecular formula is C24H31F3N6O2. The molecule has 35 heavy (non-hydrogen) atoms. The van der Waals surface area contributed by atoms with Crippen molar-refractivity contribution in [1.82, 2.24) is 10.2 Å². The van der Waals surface area contributed by atoms with Gasteiger partial charge in [0, 0.05) is 31.4 Å². The number of likely N-dealkylation sites (tertiary alicyclic amines) is 1. The Balaban J connectivity index is 1.67. The van der Waals surface area contributed by atoms with Crippen molar-refractivity contribution in [2.45, 2.75) is 57.5 Å². The number of nitrogens with zero attached hydrogens (tertiary/aromatic N) is 3. The van der Waals surface area contributed by atoms with E-state index in [9.17, 15) is 28.3 Å². The summed E-state index contributed by atoms with van der Waals surface area (Å²) in [5.74, 6) is -1.32. The number of hydrogen-bond donors (Lipinski definition) is 4. The minimum absolute atomic E-state index is 0.104. The molecule has 1 saturated carbocycles. The number of primary amides is 1. The summed E-state index contributed by atoms with van der Waals surface area (Å²) in [6.07, 6.45) is -3.66. The van der Waals surface area contributed by atoms with E-state index in [4.69, 9.17) is 11.5 Å². The summed E-state index contributed by atoms with van der Waals surface area (Å²) in [4.78, 5) is 18.5. The highest BCUT2D eigenvalue weighted by atomic mass is 19.4. The Hall–Kier alpha value is -3.10. The number of amides is 1. The number of nitrogens with one attached hydrogen (secondary N) is 1. The van der Waals surface area contributed by atoms with Crippen LogP contribution in [-0.2, 0) is 4.79 Å². The van der Waals surface area contributed by atoms with Crippen LogP contribution in [0, 0.1) is 22.7 Å². The second-order valence-electron chi connectivity index (χ2n) is 10.00. The van der Waals surface area contributed by atoms with Crippen molar-refractivity contribution in [3.05, 3.63) is 41.6 Å². The highest BCUT2D eigenvalue weighted by molar-refractivity contribution is 6.20. The lowest BCUT2D eigenvalue weighted by molar-refractivity contribution is -0.206. The van der Waals surface area contributed by atoms with Crippen LogP contribution in [0.3, 0.4) is 0 Å². The number of rotatable bonds is 7. The first kappa shape index (κ1) is 26.5. The van der Waals surface area contributed by atoms with Crippen LogP contribution in [-0.4, -0.2) is 53.1 Å². The number of carbonyl (C=O) groups is 1. The third kappa shape index (κ3) is 6.52. The second-order valence-corrected chi connectivity index (χ2v) is 10.00. The van der Waals surface area contributed by atoms with Crippen molar-refractivity contribution >= 4 is 17.4 Å². The first-order valence-electron chi connectivity index (χ1n) is 11.4. The minimum atomic E-state index is -4.79. The van der Waals surface area contributed by atoms with E-state index in [1.807, 2.05) is 0 Å². The van der Waals surface area contributed by atoms with Gasteiger partial charge in [0.25, 0.3) is 5.91 Å². The molecule has 4 unspecified atom stereocenters. The minimum Gasteiger partial charge on any atom is -0.386 e. The molecule has 0 radical (unpaired) electrons. The number of carbonyl (C=O) groups excluding carboxylic acids is 1. The fourth-order valence-corrected chi connectivity index (χ4v) is 4.71. The first-order valence-corrected chi connectivity index (χ1v) is 11.4. The highest BCUT2D eigenvalue weighted by Crippen LogP contribution is 2.37. The summed E-state index contributed by atoms with van der Waals surface area (Å²) in [6.45, 7) is 6.48. The Morgan fingerprint density at radius 2 is 1.91 bits per heavy atom. The third-order valence-corrected chi connectivity index (χ3v) is 6.52. The van der Waals surface area contributed by atoms with E-state index in [-0.39, 0.29) is 34.6 Å². The molecule has 4 atom stereocenters. The number of amidine groups is 1. The van der Waals surface area contributed by atoms with Crippen molar-refractivity contribution in [3.63, 3.8) is 0 Å². The third-order valence-electron chi connectivity index (χ3n) is 6.52. The van der Waals surface area contributed by atoms with Gasteiger partial charge in [-0.1, -0.05) is 26.0 Å². The highest BCUT2D eigenvalue weighted by Gasteiger charge is 2.42. The molecule has 190 valence electrons. The number of aliphatic imine (C=N–C) groups is 1. The number of halogens is 3. The predicted molar refractivity (Wildman–Crippen MR) is 125 cm³/mol. The fraction of sp³-hybridized carbons (Fsp3) is 0.542.